The van der Waals surface area contributed by atoms with E-state index in [-0.39, 0.29) is 0 Å². The first-order valence-corrected chi connectivity index (χ1v) is 8.04. The molecule has 21 heavy (non-hydrogen) atoms. The first-order chi connectivity index (χ1) is 10.1. The van der Waals surface area contributed by atoms with Gasteiger partial charge in [0.2, 0.25) is 17.8 Å². The number of nitrogens with zero attached hydrogens (tertiary/aromatic N) is 4. The van der Waals surface area contributed by atoms with E-state index in [1.54, 1.807) is 0 Å². The van der Waals surface area contributed by atoms with Crippen molar-refractivity contribution in [3.8, 4) is 0 Å². The monoisotopic (exact) mass is 290 g/mol. The second-order valence-corrected chi connectivity index (χ2v) is 6.59. The molecule has 6 nitrogen and oxygen atoms in total. The molecule has 2 fully saturated rings. The molecule has 0 aliphatic heterocycles. The molecule has 1 aromatic rings. The van der Waals surface area contributed by atoms with E-state index in [0.717, 1.165) is 25.4 Å². The number of rotatable bonds is 8. The van der Waals surface area contributed by atoms with Crippen LogP contribution in [0.5, 0.6) is 0 Å². The summed E-state index contributed by atoms with van der Waals surface area (Å²) in [5, 5.41) is 6.70. The maximum Gasteiger partial charge on any atom is 0.231 e. The Balaban J connectivity index is 1.68. The number of anilines is 3. The minimum absolute atomic E-state index is 0.544. The Kier molecular flexibility index (Phi) is 3.87. The zero-order chi connectivity index (χ0) is 14.9. The van der Waals surface area contributed by atoms with Crippen molar-refractivity contribution in [1.82, 2.24) is 15.0 Å². The standard InChI is InChI=1S/C15H26N6/c1-4-9-16-12-18-13(20-14(19-12)21(2)3)17-10-15(7-8-15)11-5-6-11/h11H,4-10H2,1-3H3,(H2,16,17,18,19,20). The van der Waals surface area contributed by atoms with Gasteiger partial charge in [-0.25, -0.2) is 0 Å². The van der Waals surface area contributed by atoms with Crippen LogP contribution in [0.4, 0.5) is 17.8 Å². The van der Waals surface area contributed by atoms with Crippen LogP contribution in [-0.2, 0) is 0 Å². The summed E-state index contributed by atoms with van der Waals surface area (Å²) < 4.78 is 0. The third-order valence-corrected chi connectivity index (χ3v) is 4.49. The highest BCUT2D eigenvalue weighted by Crippen LogP contribution is 2.61. The molecule has 3 rings (SSSR count). The Hall–Kier alpha value is -1.59. The van der Waals surface area contributed by atoms with Crippen LogP contribution in [0.3, 0.4) is 0 Å². The average Bonchev–Trinajstić information content (AvgIpc) is 3.35. The highest BCUT2D eigenvalue weighted by Gasteiger charge is 2.53. The lowest BCUT2D eigenvalue weighted by Crippen LogP contribution is -2.21. The number of aromatic nitrogens is 3. The molecule has 2 aliphatic rings. The Morgan fingerprint density at radius 2 is 1.76 bits per heavy atom. The molecule has 0 radical (unpaired) electrons. The van der Waals surface area contributed by atoms with Crippen molar-refractivity contribution < 1.29 is 0 Å². The van der Waals surface area contributed by atoms with Crippen LogP contribution in [0.15, 0.2) is 0 Å². The summed E-state index contributed by atoms with van der Waals surface area (Å²) in [4.78, 5) is 15.3. The van der Waals surface area contributed by atoms with Crippen LogP contribution in [0.25, 0.3) is 0 Å². The molecular weight excluding hydrogens is 264 g/mol. The van der Waals surface area contributed by atoms with Crippen molar-refractivity contribution >= 4 is 17.8 Å². The summed E-state index contributed by atoms with van der Waals surface area (Å²) in [6.45, 7) is 4.01. The molecule has 2 aliphatic carbocycles. The molecule has 116 valence electrons. The van der Waals surface area contributed by atoms with Gasteiger partial charge in [0.15, 0.2) is 0 Å². The van der Waals surface area contributed by atoms with Crippen LogP contribution < -0.4 is 15.5 Å². The average molecular weight is 290 g/mol. The lowest BCUT2D eigenvalue weighted by Gasteiger charge is -2.17. The molecule has 0 aromatic carbocycles. The van der Waals surface area contributed by atoms with Gasteiger partial charge in [-0.1, -0.05) is 6.92 Å². The molecule has 2 N–H and O–H groups in total. The van der Waals surface area contributed by atoms with Crippen LogP contribution in [0.1, 0.15) is 39.0 Å². The van der Waals surface area contributed by atoms with E-state index in [1.165, 1.54) is 25.7 Å². The molecular formula is C15H26N6. The Labute approximate surface area is 126 Å². The summed E-state index contributed by atoms with van der Waals surface area (Å²) >= 11 is 0. The van der Waals surface area contributed by atoms with E-state index in [0.29, 0.717) is 23.3 Å². The van der Waals surface area contributed by atoms with Gasteiger partial charge in [-0.05, 0) is 43.4 Å². The molecule has 0 spiro atoms. The first kappa shape index (κ1) is 14.4. The van der Waals surface area contributed by atoms with Crippen LogP contribution in [0.2, 0.25) is 0 Å². The van der Waals surface area contributed by atoms with Gasteiger partial charge in [0.05, 0.1) is 0 Å². The van der Waals surface area contributed by atoms with Gasteiger partial charge < -0.3 is 15.5 Å². The van der Waals surface area contributed by atoms with Crippen LogP contribution in [-0.4, -0.2) is 42.1 Å². The molecule has 1 aromatic heterocycles. The molecule has 0 amide bonds. The maximum absolute atomic E-state index is 4.50. The lowest BCUT2D eigenvalue weighted by atomic mass is 10.0. The van der Waals surface area contributed by atoms with E-state index in [1.807, 2.05) is 19.0 Å². The minimum atomic E-state index is 0.544. The summed E-state index contributed by atoms with van der Waals surface area (Å²) in [6, 6.07) is 0. The topological polar surface area (TPSA) is 66.0 Å². The molecule has 0 atom stereocenters. The Morgan fingerprint density at radius 3 is 2.29 bits per heavy atom. The van der Waals surface area contributed by atoms with Gasteiger partial charge >= 0.3 is 0 Å². The van der Waals surface area contributed by atoms with Crippen LogP contribution >= 0.6 is 0 Å². The van der Waals surface area contributed by atoms with E-state index >= 15 is 0 Å². The van der Waals surface area contributed by atoms with Gasteiger partial charge in [0, 0.05) is 27.2 Å². The van der Waals surface area contributed by atoms with Crippen molar-refractivity contribution in [2.24, 2.45) is 11.3 Å². The third kappa shape index (κ3) is 3.36. The Morgan fingerprint density at radius 1 is 1.10 bits per heavy atom. The lowest BCUT2D eigenvalue weighted by molar-refractivity contribution is 0.465. The van der Waals surface area contributed by atoms with Crippen molar-refractivity contribution in [2.45, 2.75) is 39.0 Å². The molecule has 2 saturated carbocycles. The minimum Gasteiger partial charge on any atom is -0.354 e. The van der Waals surface area contributed by atoms with Crippen molar-refractivity contribution in [3.63, 3.8) is 0 Å². The molecule has 0 unspecified atom stereocenters. The SMILES string of the molecule is CCCNc1nc(NCC2(C3CC3)CC2)nc(N(C)C)n1. The molecule has 0 saturated heterocycles. The summed E-state index contributed by atoms with van der Waals surface area (Å²) in [5.74, 6) is 2.99. The van der Waals surface area contributed by atoms with Gasteiger partial charge in [0.25, 0.3) is 0 Å². The largest absolute Gasteiger partial charge is 0.354 e. The zero-order valence-electron chi connectivity index (χ0n) is 13.3. The van der Waals surface area contributed by atoms with E-state index < -0.39 is 0 Å². The summed E-state index contributed by atoms with van der Waals surface area (Å²) in [5.41, 5.74) is 0.544. The fraction of sp³-hybridized carbons (Fsp3) is 0.800. The molecule has 1 heterocycles. The van der Waals surface area contributed by atoms with Gasteiger partial charge in [0.1, 0.15) is 0 Å². The van der Waals surface area contributed by atoms with E-state index in [4.69, 9.17) is 0 Å². The predicted octanol–water partition coefficient (Wildman–Crippen LogP) is 2.36. The maximum atomic E-state index is 4.50. The number of nitrogens with one attached hydrogen (secondary N) is 2. The predicted molar refractivity (Wildman–Crippen MR) is 85.8 cm³/mol. The molecule has 6 heteroatoms. The quantitative estimate of drug-likeness (QED) is 0.766. The normalized spacial score (nSPS) is 19.2. The van der Waals surface area contributed by atoms with Gasteiger partial charge in [-0.15, -0.1) is 0 Å². The first-order valence-electron chi connectivity index (χ1n) is 8.04. The van der Waals surface area contributed by atoms with Crippen LogP contribution in [0, 0.1) is 11.3 Å². The summed E-state index contributed by atoms with van der Waals surface area (Å²) in [6.07, 6.45) is 6.58. The van der Waals surface area contributed by atoms with Gasteiger partial charge in [-0.3, -0.25) is 0 Å². The number of hydrogen-bond donors (Lipinski definition) is 2. The Bertz CT molecular complexity index is 493. The highest BCUT2D eigenvalue weighted by molar-refractivity contribution is 5.43. The van der Waals surface area contributed by atoms with Gasteiger partial charge in [-0.2, -0.15) is 15.0 Å². The van der Waals surface area contributed by atoms with E-state index in [9.17, 15) is 0 Å². The van der Waals surface area contributed by atoms with Crippen molar-refractivity contribution in [1.29, 1.82) is 0 Å². The molecule has 0 bridgehead atoms. The third-order valence-electron chi connectivity index (χ3n) is 4.49. The fourth-order valence-electron chi connectivity index (χ4n) is 2.80. The fourth-order valence-corrected chi connectivity index (χ4v) is 2.80. The summed E-state index contributed by atoms with van der Waals surface area (Å²) in [7, 11) is 3.91. The van der Waals surface area contributed by atoms with Crippen molar-refractivity contribution in [3.05, 3.63) is 0 Å². The van der Waals surface area contributed by atoms with E-state index in [2.05, 4.69) is 32.5 Å². The smallest absolute Gasteiger partial charge is 0.231 e. The number of hydrogen-bond acceptors (Lipinski definition) is 6. The second kappa shape index (κ2) is 5.66. The highest BCUT2D eigenvalue weighted by atomic mass is 15.3. The second-order valence-electron chi connectivity index (χ2n) is 6.59. The van der Waals surface area contributed by atoms with Crippen molar-refractivity contribution in [2.75, 3.05) is 42.7 Å². The zero-order valence-corrected chi connectivity index (χ0v) is 13.3.